The van der Waals surface area contributed by atoms with Gasteiger partial charge in [-0.15, -0.1) is 0 Å². The molecule has 0 fully saturated rings. The molecule has 2 rings (SSSR count). The van der Waals surface area contributed by atoms with Crippen LogP contribution in [0.3, 0.4) is 0 Å². The number of carbonyl (C=O) groups excluding carboxylic acids is 1. The molecule has 0 aliphatic heterocycles. The van der Waals surface area contributed by atoms with Gasteiger partial charge in [-0.05, 0) is 36.4 Å². The fourth-order valence-corrected chi connectivity index (χ4v) is 2.40. The molecule has 1 amide bonds. The zero-order chi connectivity index (χ0) is 16.8. The molecule has 0 aromatic heterocycles. The number of hydrogen-bond donors (Lipinski definition) is 0. The van der Waals surface area contributed by atoms with Crippen LogP contribution in [0.2, 0.25) is 10.0 Å². The van der Waals surface area contributed by atoms with Gasteiger partial charge in [-0.1, -0.05) is 29.3 Å². The standard InChI is InChI=1S/C17H17Cl2NO3/c1-20(10-12-8-14(19)6-7-16(12)22-2)17(21)11-23-15-5-3-4-13(18)9-15/h3-9H,10-11H2,1-2H3. The first-order valence-corrected chi connectivity index (χ1v) is 7.70. The van der Waals surface area contributed by atoms with Gasteiger partial charge in [0.1, 0.15) is 11.5 Å². The van der Waals surface area contributed by atoms with Crippen molar-refractivity contribution in [3.8, 4) is 11.5 Å². The van der Waals surface area contributed by atoms with Crippen LogP contribution in [0.4, 0.5) is 0 Å². The molecule has 0 spiro atoms. The Bertz CT molecular complexity index is 691. The van der Waals surface area contributed by atoms with Gasteiger partial charge >= 0.3 is 0 Å². The van der Waals surface area contributed by atoms with Crippen molar-refractivity contribution in [2.75, 3.05) is 20.8 Å². The molecule has 122 valence electrons. The summed E-state index contributed by atoms with van der Waals surface area (Å²) in [6, 6.07) is 12.2. The van der Waals surface area contributed by atoms with E-state index in [1.807, 2.05) is 0 Å². The number of methoxy groups -OCH3 is 1. The van der Waals surface area contributed by atoms with Crippen LogP contribution < -0.4 is 9.47 Å². The molecule has 0 radical (unpaired) electrons. The number of rotatable bonds is 6. The largest absolute Gasteiger partial charge is 0.496 e. The van der Waals surface area contributed by atoms with E-state index in [4.69, 9.17) is 32.7 Å². The lowest BCUT2D eigenvalue weighted by molar-refractivity contribution is -0.132. The Labute approximate surface area is 145 Å². The van der Waals surface area contributed by atoms with Gasteiger partial charge in [0.2, 0.25) is 0 Å². The van der Waals surface area contributed by atoms with Crippen molar-refractivity contribution in [1.29, 1.82) is 0 Å². The molecule has 0 bridgehead atoms. The number of benzene rings is 2. The van der Waals surface area contributed by atoms with Crippen molar-refractivity contribution in [3.63, 3.8) is 0 Å². The van der Waals surface area contributed by atoms with Gasteiger partial charge in [0.25, 0.3) is 5.91 Å². The number of likely N-dealkylation sites (N-methyl/N-ethyl adjacent to an activating group) is 1. The van der Waals surface area contributed by atoms with E-state index >= 15 is 0 Å². The molecule has 6 heteroatoms. The highest BCUT2D eigenvalue weighted by atomic mass is 35.5. The van der Waals surface area contributed by atoms with Gasteiger partial charge in [0.05, 0.1) is 7.11 Å². The van der Waals surface area contributed by atoms with Crippen molar-refractivity contribution in [2.24, 2.45) is 0 Å². The monoisotopic (exact) mass is 353 g/mol. The number of nitrogens with zero attached hydrogens (tertiary/aromatic N) is 1. The maximum Gasteiger partial charge on any atom is 0.260 e. The topological polar surface area (TPSA) is 38.8 Å². The summed E-state index contributed by atoms with van der Waals surface area (Å²) in [5.74, 6) is 1.08. The molecule has 23 heavy (non-hydrogen) atoms. The van der Waals surface area contributed by atoms with Gasteiger partial charge < -0.3 is 14.4 Å². The summed E-state index contributed by atoms with van der Waals surface area (Å²) in [5, 5.41) is 1.16. The van der Waals surface area contributed by atoms with Crippen molar-refractivity contribution in [1.82, 2.24) is 4.90 Å². The lowest BCUT2D eigenvalue weighted by atomic mass is 10.2. The number of hydrogen-bond acceptors (Lipinski definition) is 3. The predicted octanol–water partition coefficient (Wildman–Crippen LogP) is 4.04. The third kappa shape index (κ3) is 5.05. The minimum Gasteiger partial charge on any atom is -0.496 e. The SMILES string of the molecule is COc1ccc(Cl)cc1CN(C)C(=O)COc1cccc(Cl)c1. The van der Waals surface area contributed by atoms with Crippen LogP contribution in [-0.2, 0) is 11.3 Å². The van der Waals surface area contributed by atoms with E-state index in [9.17, 15) is 4.79 Å². The van der Waals surface area contributed by atoms with Gasteiger partial charge in [-0.2, -0.15) is 0 Å². The molecule has 2 aromatic rings. The third-order valence-corrected chi connectivity index (χ3v) is 3.70. The van der Waals surface area contributed by atoms with Crippen LogP contribution in [-0.4, -0.2) is 31.6 Å². The smallest absolute Gasteiger partial charge is 0.260 e. The normalized spacial score (nSPS) is 10.3. The molecule has 2 aromatic carbocycles. The van der Waals surface area contributed by atoms with Crippen molar-refractivity contribution >= 4 is 29.1 Å². The Balaban J connectivity index is 1.96. The number of carbonyl (C=O) groups is 1. The summed E-state index contributed by atoms with van der Waals surface area (Å²) in [6.45, 7) is 0.307. The highest BCUT2D eigenvalue weighted by molar-refractivity contribution is 6.31. The molecule has 0 aliphatic carbocycles. The van der Waals surface area contributed by atoms with Crippen molar-refractivity contribution in [3.05, 3.63) is 58.1 Å². The highest BCUT2D eigenvalue weighted by Gasteiger charge is 2.13. The van der Waals surface area contributed by atoms with Crippen molar-refractivity contribution in [2.45, 2.75) is 6.54 Å². The maximum atomic E-state index is 12.2. The van der Waals surface area contributed by atoms with Crippen LogP contribution in [0.1, 0.15) is 5.56 Å². The van der Waals surface area contributed by atoms with E-state index in [1.54, 1.807) is 61.5 Å². The van der Waals surface area contributed by atoms with Crippen LogP contribution in [0.25, 0.3) is 0 Å². The Kier molecular flexibility index (Phi) is 6.13. The van der Waals surface area contributed by atoms with Gasteiger partial charge in [-0.25, -0.2) is 0 Å². The third-order valence-electron chi connectivity index (χ3n) is 3.23. The molecule has 0 saturated carbocycles. The first-order valence-electron chi connectivity index (χ1n) is 6.94. The Hall–Kier alpha value is -1.91. The molecule has 0 saturated heterocycles. The molecule has 0 aliphatic rings. The highest BCUT2D eigenvalue weighted by Crippen LogP contribution is 2.24. The predicted molar refractivity (Wildman–Crippen MR) is 91.4 cm³/mol. The Morgan fingerprint density at radius 1 is 1.13 bits per heavy atom. The summed E-state index contributed by atoms with van der Waals surface area (Å²) >= 11 is 11.9. The van der Waals surface area contributed by atoms with Crippen LogP contribution >= 0.6 is 23.2 Å². The zero-order valence-electron chi connectivity index (χ0n) is 12.9. The summed E-state index contributed by atoms with van der Waals surface area (Å²) in [6.07, 6.45) is 0. The zero-order valence-corrected chi connectivity index (χ0v) is 14.4. The Morgan fingerprint density at radius 3 is 2.57 bits per heavy atom. The molecular weight excluding hydrogens is 337 g/mol. The summed E-state index contributed by atoms with van der Waals surface area (Å²) in [4.78, 5) is 13.7. The van der Waals surface area contributed by atoms with E-state index in [0.717, 1.165) is 5.56 Å². The molecular formula is C17H17Cl2NO3. The van der Waals surface area contributed by atoms with Crippen LogP contribution in [0.15, 0.2) is 42.5 Å². The molecule has 0 atom stereocenters. The van der Waals surface area contributed by atoms with E-state index in [0.29, 0.717) is 28.1 Å². The van der Waals surface area contributed by atoms with Gasteiger partial charge in [0, 0.05) is 29.2 Å². The van der Waals surface area contributed by atoms with Gasteiger partial charge in [-0.3, -0.25) is 4.79 Å². The number of amides is 1. The Morgan fingerprint density at radius 2 is 1.87 bits per heavy atom. The summed E-state index contributed by atoms with van der Waals surface area (Å²) in [5.41, 5.74) is 0.832. The summed E-state index contributed by atoms with van der Waals surface area (Å²) in [7, 11) is 3.28. The maximum absolute atomic E-state index is 12.2. The van der Waals surface area contributed by atoms with Crippen LogP contribution in [0, 0.1) is 0 Å². The molecule has 0 N–H and O–H groups in total. The van der Waals surface area contributed by atoms with E-state index < -0.39 is 0 Å². The van der Waals surface area contributed by atoms with Crippen molar-refractivity contribution < 1.29 is 14.3 Å². The summed E-state index contributed by atoms with van der Waals surface area (Å²) < 4.78 is 10.7. The number of ether oxygens (including phenoxy) is 2. The average molecular weight is 354 g/mol. The van der Waals surface area contributed by atoms with E-state index in [-0.39, 0.29) is 12.5 Å². The fraction of sp³-hybridized carbons (Fsp3) is 0.235. The fourth-order valence-electron chi connectivity index (χ4n) is 2.03. The van der Waals surface area contributed by atoms with E-state index in [2.05, 4.69) is 0 Å². The minimum atomic E-state index is -0.160. The molecule has 0 heterocycles. The first-order chi connectivity index (χ1) is 11.0. The second-order valence-corrected chi connectivity index (χ2v) is 5.82. The molecule has 0 unspecified atom stereocenters. The van der Waals surface area contributed by atoms with Gasteiger partial charge in [0.15, 0.2) is 6.61 Å². The first kappa shape index (κ1) is 17.4. The second kappa shape index (κ2) is 8.09. The number of halogens is 2. The molecule has 4 nitrogen and oxygen atoms in total. The lowest BCUT2D eigenvalue weighted by Crippen LogP contribution is -2.31. The quantitative estimate of drug-likeness (QED) is 0.786. The van der Waals surface area contributed by atoms with Crippen LogP contribution in [0.5, 0.6) is 11.5 Å². The van der Waals surface area contributed by atoms with E-state index in [1.165, 1.54) is 0 Å². The minimum absolute atomic E-state index is 0.0697. The second-order valence-electron chi connectivity index (χ2n) is 4.95. The lowest BCUT2D eigenvalue weighted by Gasteiger charge is -2.19. The average Bonchev–Trinajstić information content (AvgIpc) is 2.53.